The predicted molar refractivity (Wildman–Crippen MR) is 84.7 cm³/mol. The van der Waals surface area contributed by atoms with Gasteiger partial charge in [0.15, 0.2) is 12.1 Å². The highest BCUT2D eigenvalue weighted by Crippen LogP contribution is 2.46. The summed E-state index contributed by atoms with van der Waals surface area (Å²) in [5, 5.41) is 1.37. The number of ketones is 1. The van der Waals surface area contributed by atoms with Gasteiger partial charge in [0, 0.05) is 41.8 Å². The Morgan fingerprint density at radius 1 is 1.14 bits per heavy atom. The molecule has 2 atom stereocenters. The van der Waals surface area contributed by atoms with E-state index < -0.39 is 6.29 Å². The van der Waals surface area contributed by atoms with E-state index >= 15 is 0 Å². The van der Waals surface area contributed by atoms with Gasteiger partial charge in [0.1, 0.15) is 0 Å². The van der Waals surface area contributed by atoms with Gasteiger partial charge in [-0.3, -0.25) is 4.79 Å². The summed E-state index contributed by atoms with van der Waals surface area (Å²) in [6.07, 6.45) is 4.14. The molecule has 0 saturated carbocycles. The van der Waals surface area contributed by atoms with Crippen molar-refractivity contribution >= 4 is 17.5 Å². The van der Waals surface area contributed by atoms with Gasteiger partial charge in [0.2, 0.25) is 0 Å². The molecule has 0 spiro atoms. The van der Waals surface area contributed by atoms with Crippen molar-refractivity contribution in [3.05, 3.63) is 35.4 Å². The van der Waals surface area contributed by atoms with Gasteiger partial charge in [-0.15, -0.1) is 0 Å². The summed E-state index contributed by atoms with van der Waals surface area (Å²) in [4.78, 5) is 13.0. The Bertz CT molecular complexity index is 501. The molecule has 1 aromatic carbocycles. The van der Waals surface area contributed by atoms with Gasteiger partial charge in [0.05, 0.1) is 0 Å². The zero-order chi connectivity index (χ0) is 14.8. The maximum atomic E-state index is 13.0. The SMILES string of the molecule is COC(OC)c1ccccc1C(=O)C1CC2CCC(C1)S2. The topological polar surface area (TPSA) is 35.5 Å². The molecule has 0 radical (unpaired) electrons. The van der Waals surface area contributed by atoms with E-state index in [0.717, 1.165) is 24.0 Å². The summed E-state index contributed by atoms with van der Waals surface area (Å²) in [6.45, 7) is 0. The van der Waals surface area contributed by atoms with Crippen LogP contribution in [0.2, 0.25) is 0 Å². The Hall–Kier alpha value is -0.840. The minimum atomic E-state index is -0.472. The fourth-order valence-corrected chi connectivity index (χ4v) is 5.34. The second-order valence-electron chi connectivity index (χ2n) is 5.88. The van der Waals surface area contributed by atoms with Crippen LogP contribution < -0.4 is 0 Å². The molecular formula is C17H22O3S. The normalized spacial score (nSPS) is 28.0. The number of hydrogen-bond acceptors (Lipinski definition) is 4. The number of carbonyl (C=O) groups excluding carboxylic acids is 1. The quantitative estimate of drug-likeness (QED) is 0.612. The number of carbonyl (C=O) groups is 1. The van der Waals surface area contributed by atoms with Crippen molar-refractivity contribution in [3.8, 4) is 0 Å². The van der Waals surface area contributed by atoms with Crippen LogP contribution in [0.3, 0.4) is 0 Å². The number of fused-ring (bicyclic) bond motifs is 2. The van der Waals surface area contributed by atoms with Gasteiger partial charge >= 0.3 is 0 Å². The lowest BCUT2D eigenvalue weighted by Crippen LogP contribution is -2.26. The van der Waals surface area contributed by atoms with E-state index in [1.165, 1.54) is 12.8 Å². The predicted octanol–water partition coefficient (Wildman–Crippen LogP) is 3.83. The number of methoxy groups -OCH3 is 2. The Morgan fingerprint density at radius 3 is 2.38 bits per heavy atom. The fraction of sp³-hybridized carbons (Fsp3) is 0.588. The average Bonchev–Trinajstić information content (AvgIpc) is 2.86. The molecule has 0 amide bonds. The lowest BCUT2D eigenvalue weighted by Gasteiger charge is -2.27. The van der Waals surface area contributed by atoms with E-state index in [2.05, 4.69) is 11.8 Å². The Balaban J connectivity index is 1.84. The molecule has 2 heterocycles. The third-order valence-electron chi connectivity index (χ3n) is 4.57. The van der Waals surface area contributed by atoms with Crippen molar-refractivity contribution in [2.45, 2.75) is 42.5 Å². The van der Waals surface area contributed by atoms with Gasteiger partial charge < -0.3 is 9.47 Å². The van der Waals surface area contributed by atoms with Crippen LogP contribution in [0.5, 0.6) is 0 Å². The highest BCUT2D eigenvalue weighted by Gasteiger charge is 2.38. The van der Waals surface area contributed by atoms with E-state index in [0.29, 0.717) is 10.5 Å². The summed E-state index contributed by atoms with van der Waals surface area (Å²) in [5.41, 5.74) is 1.61. The molecule has 2 aliphatic heterocycles. The third-order valence-corrected chi connectivity index (χ3v) is 6.20. The van der Waals surface area contributed by atoms with E-state index in [4.69, 9.17) is 9.47 Å². The van der Waals surface area contributed by atoms with Crippen LogP contribution in [0.15, 0.2) is 24.3 Å². The minimum absolute atomic E-state index is 0.166. The molecule has 0 aromatic heterocycles. The van der Waals surface area contributed by atoms with Crippen LogP contribution in [0, 0.1) is 5.92 Å². The smallest absolute Gasteiger partial charge is 0.183 e. The molecule has 21 heavy (non-hydrogen) atoms. The first kappa shape index (κ1) is 15.1. The second-order valence-corrected chi connectivity index (χ2v) is 7.49. The molecule has 1 aromatic rings. The first-order valence-corrected chi connectivity index (χ1v) is 8.51. The molecule has 2 unspecified atom stereocenters. The van der Waals surface area contributed by atoms with Crippen molar-refractivity contribution in [1.82, 2.24) is 0 Å². The van der Waals surface area contributed by atoms with E-state index in [1.807, 2.05) is 24.3 Å². The number of benzene rings is 1. The van der Waals surface area contributed by atoms with Crippen molar-refractivity contribution in [1.29, 1.82) is 0 Å². The number of ether oxygens (including phenoxy) is 2. The zero-order valence-electron chi connectivity index (χ0n) is 12.6. The fourth-order valence-electron chi connectivity index (χ4n) is 3.57. The summed E-state index contributed by atoms with van der Waals surface area (Å²) in [6, 6.07) is 7.69. The van der Waals surface area contributed by atoms with Gasteiger partial charge in [-0.1, -0.05) is 24.3 Å². The first-order chi connectivity index (χ1) is 10.2. The van der Waals surface area contributed by atoms with Crippen molar-refractivity contribution < 1.29 is 14.3 Å². The number of rotatable bonds is 5. The van der Waals surface area contributed by atoms with Crippen LogP contribution in [0.25, 0.3) is 0 Å². The molecule has 2 bridgehead atoms. The van der Waals surface area contributed by atoms with E-state index in [-0.39, 0.29) is 11.7 Å². The van der Waals surface area contributed by atoms with Crippen LogP contribution in [-0.4, -0.2) is 30.5 Å². The first-order valence-electron chi connectivity index (χ1n) is 7.57. The Labute approximate surface area is 130 Å². The average molecular weight is 306 g/mol. The minimum Gasteiger partial charge on any atom is -0.352 e. The maximum Gasteiger partial charge on any atom is 0.183 e. The summed E-state index contributed by atoms with van der Waals surface area (Å²) in [7, 11) is 3.21. The van der Waals surface area contributed by atoms with Gasteiger partial charge in [-0.05, 0) is 25.7 Å². The van der Waals surface area contributed by atoms with Crippen LogP contribution in [0.1, 0.15) is 47.9 Å². The third kappa shape index (κ3) is 3.03. The molecule has 2 fully saturated rings. The zero-order valence-corrected chi connectivity index (χ0v) is 13.4. The molecule has 3 rings (SSSR count). The molecule has 4 heteroatoms. The Morgan fingerprint density at radius 2 is 1.76 bits per heavy atom. The van der Waals surface area contributed by atoms with Gasteiger partial charge in [-0.2, -0.15) is 11.8 Å². The van der Waals surface area contributed by atoms with E-state index in [9.17, 15) is 4.79 Å². The molecular weight excluding hydrogens is 284 g/mol. The van der Waals surface area contributed by atoms with Crippen molar-refractivity contribution in [2.24, 2.45) is 5.92 Å². The van der Waals surface area contributed by atoms with Crippen LogP contribution in [-0.2, 0) is 9.47 Å². The standard InChI is InChI=1S/C17H22O3S/c1-19-17(20-2)15-6-4-3-5-14(15)16(18)11-9-12-7-8-13(10-11)21-12/h3-6,11-13,17H,7-10H2,1-2H3. The molecule has 0 aliphatic carbocycles. The molecule has 2 saturated heterocycles. The highest BCUT2D eigenvalue weighted by molar-refractivity contribution is 8.00. The largest absolute Gasteiger partial charge is 0.352 e. The highest BCUT2D eigenvalue weighted by atomic mass is 32.2. The van der Waals surface area contributed by atoms with Gasteiger partial charge in [0.25, 0.3) is 0 Å². The number of Topliss-reactive ketones (excluding diaryl/α,β-unsaturated/α-hetero) is 1. The van der Waals surface area contributed by atoms with Crippen LogP contribution in [0.4, 0.5) is 0 Å². The summed E-state index contributed by atoms with van der Waals surface area (Å²) >= 11 is 2.09. The second kappa shape index (κ2) is 6.51. The lowest BCUT2D eigenvalue weighted by molar-refractivity contribution is -0.106. The molecule has 3 nitrogen and oxygen atoms in total. The molecule has 2 aliphatic rings. The van der Waals surface area contributed by atoms with Crippen LogP contribution >= 0.6 is 11.8 Å². The van der Waals surface area contributed by atoms with E-state index in [1.54, 1.807) is 14.2 Å². The lowest BCUT2D eigenvalue weighted by atomic mass is 9.88. The maximum absolute atomic E-state index is 13.0. The Kier molecular flexibility index (Phi) is 4.67. The number of thioether (sulfide) groups is 1. The summed E-state index contributed by atoms with van der Waals surface area (Å²) in [5.74, 6) is 0.432. The number of hydrogen-bond donors (Lipinski definition) is 0. The van der Waals surface area contributed by atoms with Crippen molar-refractivity contribution in [3.63, 3.8) is 0 Å². The monoisotopic (exact) mass is 306 g/mol. The van der Waals surface area contributed by atoms with Crippen molar-refractivity contribution in [2.75, 3.05) is 14.2 Å². The molecule has 0 N–H and O–H groups in total. The van der Waals surface area contributed by atoms with Gasteiger partial charge in [-0.25, -0.2) is 0 Å². The molecule has 114 valence electrons. The summed E-state index contributed by atoms with van der Waals surface area (Å²) < 4.78 is 10.7.